The molecule has 2 heterocycles. The highest BCUT2D eigenvalue weighted by atomic mass is 35.5. The maximum absolute atomic E-state index is 12.2. The maximum Gasteiger partial charge on any atom is 0.238 e. The van der Waals surface area contributed by atoms with Crippen LogP contribution in [0.1, 0.15) is 34.6 Å². The van der Waals surface area contributed by atoms with Gasteiger partial charge >= 0.3 is 0 Å². The predicted molar refractivity (Wildman–Crippen MR) is 113 cm³/mol. The van der Waals surface area contributed by atoms with E-state index in [1.165, 1.54) is 0 Å². The summed E-state index contributed by atoms with van der Waals surface area (Å²) in [6.45, 7) is 4.38. The Labute approximate surface area is 172 Å². The van der Waals surface area contributed by atoms with E-state index in [4.69, 9.17) is 16.3 Å². The number of nitrogens with one attached hydrogen (secondary N) is 2. The number of hydrogen-bond donors (Lipinski definition) is 2. The Hall–Kier alpha value is -2.44. The Bertz CT molecular complexity index is 986. The zero-order chi connectivity index (χ0) is 19.7. The van der Waals surface area contributed by atoms with Gasteiger partial charge in [-0.05, 0) is 49.2 Å². The molecule has 5 nitrogen and oxygen atoms in total. The molecule has 0 saturated heterocycles. The van der Waals surface area contributed by atoms with E-state index in [1.54, 1.807) is 11.8 Å². The van der Waals surface area contributed by atoms with Crippen LogP contribution in [0, 0.1) is 6.92 Å². The lowest BCUT2D eigenvalue weighted by molar-refractivity contribution is -0.115. The first-order valence-corrected chi connectivity index (χ1v) is 10.3. The van der Waals surface area contributed by atoms with E-state index in [2.05, 4.69) is 15.5 Å². The Morgan fingerprint density at radius 1 is 1.14 bits per heavy atom. The number of thioether (sulfide) groups is 1. The molecule has 7 heteroatoms. The van der Waals surface area contributed by atoms with Crippen LogP contribution in [0.2, 0.25) is 5.02 Å². The molecule has 1 aliphatic rings. The minimum absolute atomic E-state index is 0.0213. The molecule has 1 amide bonds. The van der Waals surface area contributed by atoms with Crippen LogP contribution in [0.3, 0.4) is 0 Å². The molecular formula is C21H20ClN3O2S. The second-order valence-corrected chi connectivity index (χ2v) is 8.63. The van der Waals surface area contributed by atoms with Crippen LogP contribution in [0.5, 0.6) is 5.75 Å². The second kappa shape index (κ2) is 7.89. The van der Waals surface area contributed by atoms with Crippen LogP contribution in [0.25, 0.3) is 0 Å². The van der Waals surface area contributed by atoms with Gasteiger partial charge < -0.3 is 10.1 Å². The SMILES string of the molecule is Cc1[nH]nc2c1[C@@H](c1ccc(OCc3ccc(Cl)cc3)cc1)S[C@@H](C)C(=O)N2. The summed E-state index contributed by atoms with van der Waals surface area (Å²) in [4.78, 5) is 12.2. The fourth-order valence-electron chi connectivity index (χ4n) is 3.14. The lowest BCUT2D eigenvalue weighted by atomic mass is 10.0. The van der Waals surface area contributed by atoms with Crippen LogP contribution < -0.4 is 10.1 Å². The average Bonchev–Trinajstić information content (AvgIpc) is 2.99. The van der Waals surface area contributed by atoms with Crippen LogP contribution >= 0.6 is 23.4 Å². The highest BCUT2D eigenvalue weighted by Gasteiger charge is 2.32. The molecule has 2 atom stereocenters. The molecular weight excluding hydrogens is 394 g/mol. The molecule has 4 rings (SSSR count). The third kappa shape index (κ3) is 3.88. The summed E-state index contributed by atoms with van der Waals surface area (Å²) in [6.07, 6.45) is 0. The zero-order valence-corrected chi connectivity index (χ0v) is 17.1. The standard InChI is InChI=1S/C21H20ClN3O2S/c1-12-18-19(28-13(2)21(26)23-20(18)25-24-12)15-5-9-17(10-6-15)27-11-14-3-7-16(22)8-4-14/h3-10,13,19H,11H2,1-2H3,(H2,23,24,25,26)/t13-,19+/m0/s1. The first-order valence-electron chi connectivity index (χ1n) is 8.99. The summed E-state index contributed by atoms with van der Waals surface area (Å²) in [7, 11) is 0. The van der Waals surface area contributed by atoms with Crippen LogP contribution in [0.4, 0.5) is 5.82 Å². The monoisotopic (exact) mass is 413 g/mol. The summed E-state index contributed by atoms with van der Waals surface area (Å²) in [6, 6.07) is 15.6. The number of carbonyl (C=O) groups excluding carboxylic acids is 1. The smallest absolute Gasteiger partial charge is 0.238 e. The Morgan fingerprint density at radius 2 is 1.86 bits per heavy atom. The van der Waals surface area contributed by atoms with Crippen molar-refractivity contribution in [2.45, 2.75) is 31.0 Å². The molecule has 1 aliphatic heterocycles. The number of aromatic amines is 1. The number of amides is 1. The molecule has 1 aromatic heterocycles. The van der Waals surface area contributed by atoms with Gasteiger partial charge in [-0.15, -0.1) is 11.8 Å². The molecule has 0 unspecified atom stereocenters. The number of rotatable bonds is 4. The van der Waals surface area contributed by atoms with Gasteiger partial charge in [0.05, 0.1) is 10.5 Å². The Kier molecular flexibility index (Phi) is 5.33. The van der Waals surface area contributed by atoms with Crippen molar-refractivity contribution in [3.05, 3.63) is 75.9 Å². The van der Waals surface area contributed by atoms with E-state index in [0.717, 1.165) is 28.1 Å². The summed E-state index contributed by atoms with van der Waals surface area (Å²) >= 11 is 7.54. The van der Waals surface area contributed by atoms with E-state index in [1.807, 2.05) is 62.4 Å². The second-order valence-electron chi connectivity index (χ2n) is 6.74. The molecule has 0 radical (unpaired) electrons. The van der Waals surface area contributed by atoms with Gasteiger partial charge in [-0.1, -0.05) is 35.9 Å². The number of hydrogen-bond acceptors (Lipinski definition) is 4. The largest absolute Gasteiger partial charge is 0.489 e. The molecule has 0 spiro atoms. The normalized spacial score (nSPS) is 18.9. The minimum atomic E-state index is -0.167. The van der Waals surface area contributed by atoms with Crippen molar-refractivity contribution in [3.8, 4) is 5.75 Å². The van der Waals surface area contributed by atoms with Gasteiger partial charge in [0.15, 0.2) is 5.82 Å². The number of carbonyl (C=O) groups is 1. The molecule has 0 aliphatic carbocycles. The van der Waals surface area contributed by atoms with Gasteiger partial charge in [-0.3, -0.25) is 9.89 Å². The number of ether oxygens (including phenoxy) is 1. The van der Waals surface area contributed by atoms with E-state index < -0.39 is 0 Å². The lowest BCUT2D eigenvalue weighted by Gasteiger charge is -2.18. The summed E-state index contributed by atoms with van der Waals surface area (Å²) in [5.41, 5.74) is 4.16. The fraction of sp³-hybridized carbons (Fsp3) is 0.238. The Morgan fingerprint density at radius 3 is 2.57 bits per heavy atom. The van der Waals surface area contributed by atoms with E-state index in [-0.39, 0.29) is 16.4 Å². The molecule has 2 aromatic carbocycles. The quantitative estimate of drug-likeness (QED) is 0.623. The van der Waals surface area contributed by atoms with Crippen LogP contribution in [-0.4, -0.2) is 21.4 Å². The van der Waals surface area contributed by atoms with E-state index >= 15 is 0 Å². The average molecular weight is 414 g/mol. The molecule has 144 valence electrons. The molecule has 0 fully saturated rings. The first kappa shape index (κ1) is 18.9. The number of aryl methyl sites for hydroxylation is 1. The number of benzene rings is 2. The van der Waals surface area contributed by atoms with Crippen LogP contribution in [0.15, 0.2) is 48.5 Å². The van der Waals surface area contributed by atoms with Crippen LogP contribution in [-0.2, 0) is 11.4 Å². The number of H-pyrrole nitrogens is 1. The zero-order valence-electron chi connectivity index (χ0n) is 15.5. The number of anilines is 1. The summed E-state index contributed by atoms with van der Waals surface area (Å²) in [5, 5.41) is 10.7. The summed E-state index contributed by atoms with van der Waals surface area (Å²) < 4.78 is 5.88. The highest BCUT2D eigenvalue weighted by Crippen LogP contribution is 2.44. The van der Waals surface area contributed by atoms with Gasteiger partial charge in [0.1, 0.15) is 12.4 Å². The van der Waals surface area contributed by atoms with Crippen molar-refractivity contribution in [2.75, 3.05) is 5.32 Å². The topological polar surface area (TPSA) is 67.0 Å². The Balaban J connectivity index is 1.53. The lowest BCUT2D eigenvalue weighted by Crippen LogP contribution is -2.21. The van der Waals surface area contributed by atoms with Crippen molar-refractivity contribution in [2.24, 2.45) is 0 Å². The van der Waals surface area contributed by atoms with E-state index in [0.29, 0.717) is 17.4 Å². The molecule has 28 heavy (non-hydrogen) atoms. The molecule has 3 aromatic rings. The van der Waals surface area contributed by atoms with Gasteiger partial charge in [-0.25, -0.2) is 0 Å². The highest BCUT2D eigenvalue weighted by molar-refractivity contribution is 8.01. The number of halogens is 1. The van der Waals surface area contributed by atoms with Gasteiger partial charge in [0.25, 0.3) is 0 Å². The maximum atomic E-state index is 12.2. The van der Waals surface area contributed by atoms with Crippen molar-refractivity contribution in [1.82, 2.24) is 10.2 Å². The van der Waals surface area contributed by atoms with Gasteiger partial charge in [0.2, 0.25) is 5.91 Å². The van der Waals surface area contributed by atoms with E-state index in [9.17, 15) is 4.79 Å². The van der Waals surface area contributed by atoms with Crippen molar-refractivity contribution >= 4 is 35.1 Å². The van der Waals surface area contributed by atoms with Crippen molar-refractivity contribution in [1.29, 1.82) is 0 Å². The third-order valence-corrected chi connectivity index (χ3v) is 6.36. The molecule has 0 saturated carbocycles. The van der Waals surface area contributed by atoms with Gasteiger partial charge in [0, 0.05) is 16.3 Å². The minimum Gasteiger partial charge on any atom is -0.489 e. The number of aromatic nitrogens is 2. The molecule has 0 bridgehead atoms. The predicted octanol–water partition coefficient (Wildman–Crippen LogP) is 5.11. The summed E-state index contributed by atoms with van der Waals surface area (Å²) in [5.74, 6) is 1.39. The fourth-order valence-corrected chi connectivity index (χ4v) is 4.59. The number of fused-ring (bicyclic) bond motifs is 1. The van der Waals surface area contributed by atoms with Crippen molar-refractivity contribution in [3.63, 3.8) is 0 Å². The van der Waals surface area contributed by atoms with Crippen molar-refractivity contribution < 1.29 is 9.53 Å². The third-order valence-electron chi connectivity index (χ3n) is 4.71. The molecule has 2 N–H and O–H groups in total. The number of nitrogens with zero attached hydrogens (tertiary/aromatic N) is 1. The van der Waals surface area contributed by atoms with Gasteiger partial charge in [-0.2, -0.15) is 5.10 Å². The first-order chi connectivity index (χ1) is 13.5.